The molecule has 1 saturated heterocycles. The summed E-state index contributed by atoms with van der Waals surface area (Å²) in [6.07, 6.45) is 1.93. The molecule has 1 aromatic rings. The van der Waals surface area contributed by atoms with E-state index >= 15 is 0 Å². The van der Waals surface area contributed by atoms with E-state index in [1.54, 1.807) is 11.0 Å². The number of likely N-dealkylation sites (tertiary alicyclic amines) is 1. The number of nitrogens with zero attached hydrogens (tertiary/aromatic N) is 3. The summed E-state index contributed by atoms with van der Waals surface area (Å²) in [6, 6.07) is 1.80. The molecule has 1 aliphatic heterocycles. The lowest BCUT2D eigenvalue weighted by molar-refractivity contribution is -0.125. The average Bonchev–Trinajstić information content (AvgIpc) is 2.47. The minimum Gasteiger partial charge on any atom is -0.337 e. The van der Waals surface area contributed by atoms with Gasteiger partial charge in [0.05, 0.1) is 17.0 Å². The maximum Gasteiger partial charge on any atom is 0.255 e. The molecule has 20 heavy (non-hydrogen) atoms. The molecule has 1 atom stereocenters. The van der Waals surface area contributed by atoms with Crippen LogP contribution in [0.25, 0.3) is 0 Å². The Labute approximate surface area is 119 Å². The maximum atomic E-state index is 12.6. The highest BCUT2D eigenvalue weighted by atomic mass is 16.2. The van der Waals surface area contributed by atoms with E-state index in [1.165, 1.54) is 0 Å². The standard InChI is InChI=1S/C15H21N3O2/c1-4-11-9-18(7-6-14(11)19)15(20)12-8-10(3)16-17-13(12)5-2/h8,11H,4-7,9H2,1-3H3. The highest BCUT2D eigenvalue weighted by molar-refractivity contribution is 5.96. The van der Waals surface area contributed by atoms with E-state index in [0.29, 0.717) is 31.5 Å². The highest BCUT2D eigenvalue weighted by Gasteiger charge is 2.30. The van der Waals surface area contributed by atoms with Crippen LogP contribution in [-0.4, -0.2) is 39.9 Å². The summed E-state index contributed by atoms with van der Waals surface area (Å²) < 4.78 is 0. The Morgan fingerprint density at radius 2 is 2.15 bits per heavy atom. The Kier molecular flexibility index (Phi) is 4.47. The minimum atomic E-state index is -0.0224. The van der Waals surface area contributed by atoms with Gasteiger partial charge in [0.2, 0.25) is 0 Å². The molecular weight excluding hydrogens is 254 g/mol. The van der Waals surface area contributed by atoms with Crippen LogP contribution in [0.1, 0.15) is 48.4 Å². The Balaban J connectivity index is 2.23. The van der Waals surface area contributed by atoms with Gasteiger partial charge in [-0.1, -0.05) is 13.8 Å². The molecule has 0 bridgehead atoms. The van der Waals surface area contributed by atoms with Crippen LogP contribution in [0.5, 0.6) is 0 Å². The number of carbonyl (C=O) groups excluding carboxylic acids is 2. The summed E-state index contributed by atoms with van der Waals surface area (Å²) in [7, 11) is 0. The number of Topliss-reactive ketones (excluding diaryl/α,β-unsaturated/α-hetero) is 1. The third-order valence-electron chi connectivity index (χ3n) is 3.86. The second kappa shape index (κ2) is 6.11. The molecule has 1 aromatic heterocycles. The highest BCUT2D eigenvalue weighted by Crippen LogP contribution is 2.19. The van der Waals surface area contributed by atoms with Crippen LogP contribution < -0.4 is 0 Å². The molecule has 108 valence electrons. The molecule has 1 aliphatic rings. The molecule has 1 fully saturated rings. The van der Waals surface area contributed by atoms with Crippen molar-refractivity contribution in [2.45, 2.75) is 40.0 Å². The van der Waals surface area contributed by atoms with E-state index in [4.69, 9.17) is 0 Å². The van der Waals surface area contributed by atoms with Crippen molar-refractivity contribution in [3.63, 3.8) is 0 Å². The Morgan fingerprint density at radius 3 is 2.80 bits per heavy atom. The van der Waals surface area contributed by atoms with Crippen molar-refractivity contribution in [3.8, 4) is 0 Å². The van der Waals surface area contributed by atoms with E-state index < -0.39 is 0 Å². The van der Waals surface area contributed by atoms with E-state index in [1.807, 2.05) is 20.8 Å². The van der Waals surface area contributed by atoms with Gasteiger partial charge in [0.15, 0.2) is 0 Å². The van der Waals surface area contributed by atoms with Gasteiger partial charge in [-0.15, -0.1) is 0 Å². The molecule has 0 aromatic carbocycles. The summed E-state index contributed by atoms with van der Waals surface area (Å²) in [5, 5.41) is 8.11. The first-order valence-electron chi connectivity index (χ1n) is 7.22. The summed E-state index contributed by atoms with van der Waals surface area (Å²) in [5.74, 6) is 0.232. The Morgan fingerprint density at radius 1 is 1.40 bits per heavy atom. The third-order valence-corrected chi connectivity index (χ3v) is 3.86. The number of ketones is 1. The molecule has 0 N–H and O–H groups in total. The van der Waals surface area contributed by atoms with Gasteiger partial charge in [-0.25, -0.2) is 0 Å². The van der Waals surface area contributed by atoms with Gasteiger partial charge < -0.3 is 4.90 Å². The van der Waals surface area contributed by atoms with Crippen molar-refractivity contribution >= 4 is 11.7 Å². The van der Waals surface area contributed by atoms with Gasteiger partial charge in [0.25, 0.3) is 5.91 Å². The van der Waals surface area contributed by atoms with Gasteiger partial charge in [-0.3, -0.25) is 9.59 Å². The Bertz CT molecular complexity index is 528. The summed E-state index contributed by atoms with van der Waals surface area (Å²) in [6.45, 7) is 6.83. The molecular formula is C15H21N3O2. The van der Waals surface area contributed by atoms with Crippen LogP contribution in [0, 0.1) is 12.8 Å². The Hall–Kier alpha value is -1.78. The van der Waals surface area contributed by atoms with E-state index in [9.17, 15) is 9.59 Å². The van der Waals surface area contributed by atoms with E-state index in [0.717, 1.165) is 17.8 Å². The lowest BCUT2D eigenvalue weighted by atomic mass is 9.93. The quantitative estimate of drug-likeness (QED) is 0.843. The van der Waals surface area contributed by atoms with Crippen molar-refractivity contribution in [3.05, 3.63) is 23.0 Å². The summed E-state index contributed by atoms with van der Waals surface area (Å²) in [4.78, 5) is 26.2. The molecule has 0 spiro atoms. The second-order valence-electron chi connectivity index (χ2n) is 5.27. The zero-order chi connectivity index (χ0) is 14.7. The number of aryl methyl sites for hydroxylation is 2. The molecule has 1 amide bonds. The third kappa shape index (κ3) is 2.86. The van der Waals surface area contributed by atoms with Crippen molar-refractivity contribution in [1.82, 2.24) is 15.1 Å². The lowest BCUT2D eigenvalue weighted by Crippen LogP contribution is -2.44. The monoisotopic (exact) mass is 275 g/mol. The number of hydrogen-bond acceptors (Lipinski definition) is 4. The van der Waals surface area contributed by atoms with Crippen LogP contribution in [0.2, 0.25) is 0 Å². The molecule has 0 saturated carbocycles. The molecule has 1 unspecified atom stereocenters. The minimum absolute atomic E-state index is 0.0198. The molecule has 2 rings (SSSR count). The maximum absolute atomic E-state index is 12.6. The molecule has 2 heterocycles. The average molecular weight is 275 g/mol. The smallest absolute Gasteiger partial charge is 0.255 e. The van der Waals surface area contributed by atoms with Gasteiger partial charge in [0.1, 0.15) is 5.78 Å². The molecule has 5 nitrogen and oxygen atoms in total. The van der Waals surface area contributed by atoms with Crippen LogP contribution >= 0.6 is 0 Å². The number of amides is 1. The van der Waals surface area contributed by atoms with Gasteiger partial charge >= 0.3 is 0 Å². The van der Waals surface area contributed by atoms with E-state index in [2.05, 4.69) is 10.2 Å². The van der Waals surface area contributed by atoms with Gasteiger partial charge in [0, 0.05) is 25.4 Å². The molecule has 5 heteroatoms. The number of hydrogen-bond donors (Lipinski definition) is 0. The molecule has 0 radical (unpaired) electrons. The van der Waals surface area contributed by atoms with Crippen LogP contribution in [-0.2, 0) is 11.2 Å². The van der Waals surface area contributed by atoms with Crippen LogP contribution in [0.15, 0.2) is 6.07 Å². The molecule has 0 aliphatic carbocycles. The summed E-state index contributed by atoms with van der Waals surface area (Å²) in [5.41, 5.74) is 2.10. The van der Waals surface area contributed by atoms with Crippen LogP contribution in [0.3, 0.4) is 0 Å². The van der Waals surface area contributed by atoms with Crippen molar-refractivity contribution in [2.75, 3.05) is 13.1 Å². The van der Waals surface area contributed by atoms with E-state index in [-0.39, 0.29) is 17.6 Å². The fraction of sp³-hybridized carbons (Fsp3) is 0.600. The lowest BCUT2D eigenvalue weighted by Gasteiger charge is -2.31. The van der Waals surface area contributed by atoms with Crippen molar-refractivity contribution in [2.24, 2.45) is 5.92 Å². The number of piperidine rings is 1. The first kappa shape index (κ1) is 14.6. The zero-order valence-electron chi connectivity index (χ0n) is 12.3. The topological polar surface area (TPSA) is 63.2 Å². The fourth-order valence-electron chi connectivity index (χ4n) is 2.58. The normalized spacial score (nSPS) is 19.2. The summed E-state index contributed by atoms with van der Waals surface area (Å²) >= 11 is 0. The largest absolute Gasteiger partial charge is 0.337 e. The zero-order valence-corrected chi connectivity index (χ0v) is 12.3. The van der Waals surface area contributed by atoms with Gasteiger partial charge in [-0.2, -0.15) is 10.2 Å². The predicted octanol–water partition coefficient (Wildman–Crippen LogP) is 1.79. The second-order valence-corrected chi connectivity index (χ2v) is 5.27. The number of carbonyl (C=O) groups is 2. The number of aromatic nitrogens is 2. The predicted molar refractivity (Wildman–Crippen MR) is 75.5 cm³/mol. The van der Waals surface area contributed by atoms with Crippen LogP contribution in [0.4, 0.5) is 0 Å². The number of rotatable bonds is 3. The van der Waals surface area contributed by atoms with Crippen molar-refractivity contribution < 1.29 is 9.59 Å². The van der Waals surface area contributed by atoms with Crippen molar-refractivity contribution in [1.29, 1.82) is 0 Å². The first-order valence-corrected chi connectivity index (χ1v) is 7.22. The SMILES string of the molecule is CCc1nnc(C)cc1C(=O)N1CCC(=O)C(CC)C1. The first-order chi connectivity index (χ1) is 9.56. The van der Waals surface area contributed by atoms with Gasteiger partial charge in [-0.05, 0) is 25.8 Å². The fourth-order valence-corrected chi connectivity index (χ4v) is 2.58.